The summed E-state index contributed by atoms with van der Waals surface area (Å²) in [5.74, 6) is -0.0972. The van der Waals surface area contributed by atoms with Gasteiger partial charge in [0.2, 0.25) is 0 Å². The Morgan fingerprint density at radius 2 is 2.04 bits per heavy atom. The Hall–Kier alpha value is -2.95. The molecule has 0 bridgehead atoms. The molecule has 5 heteroatoms. The van der Waals surface area contributed by atoms with E-state index in [-0.39, 0.29) is 17.7 Å². The standard InChI is InChI=1S/C21H24N2O3/c1-14(2)8-9-18-15(3)6-5-7-17(18)12-23-11-16(13-24)10-19(21(23)26)20(25)22-4/h5-11,13-14H,12H2,1-4H3,(H,22,25)/b9-8-. The van der Waals surface area contributed by atoms with Crippen LogP contribution in [-0.2, 0) is 6.54 Å². The van der Waals surface area contributed by atoms with Crippen molar-refractivity contribution < 1.29 is 9.59 Å². The van der Waals surface area contributed by atoms with Crippen LogP contribution >= 0.6 is 0 Å². The number of nitrogens with zero attached hydrogens (tertiary/aromatic N) is 1. The predicted octanol–water partition coefficient (Wildman–Crippen LogP) is 3.05. The van der Waals surface area contributed by atoms with Gasteiger partial charge in [0, 0.05) is 18.8 Å². The van der Waals surface area contributed by atoms with Gasteiger partial charge in [-0.25, -0.2) is 0 Å². The maximum Gasteiger partial charge on any atom is 0.263 e. The molecule has 0 atom stereocenters. The fourth-order valence-electron chi connectivity index (χ4n) is 2.73. The average molecular weight is 352 g/mol. The number of pyridine rings is 1. The van der Waals surface area contributed by atoms with Gasteiger partial charge in [0.1, 0.15) is 5.56 Å². The quantitative estimate of drug-likeness (QED) is 0.813. The van der Waals surface area contributed by atoms with E-state index in [1.165, 1.54) is 23.9 Å². The Bertz CT molecular complexity index is 908. The highest BCUT2D eigenvalue weighted by Crippen LogP contribution is 2.18. The maximum absolute atomic E-state index is 12.7. The van der Waals surface area contributed by atoms with Crippen LogP contribution in [0.15, 0.2) is 41.3 Å². The summed E-state index contributed by atoms with van der Waals surface area (Å²) >= 11 is 0. The van der Waals surface area contributed by atoms with Crippen LogP contribution in [0.25, 0.3) is 6.08 Å². The molecule has 1 aromatic carbocycles. The van der Waals surface area contributed by atoms with Crippen molar-refractivity contribution in [3.05, 3.63) is 74.7 Å². The van der Waals surface area contributed by atoms with Crippen molar-refractivity contribution in [3.63, 3.8) is 0 Å². The summed E-state index contributed by atoms with van der Waals surface area (Å²) in [6, 6.07) is 7.23. The van der Waals surface area contributed by atoms with Gasteiger partial charge in [-0.1, -0.05) is 44.2 Å². The summed E-state index contributed by atoms with van der Waals surface area (Å²) in [6.45, 7) is 6.50. The number of amides is 1. The summed E-state index contributed by atoms with van der Waals surface area (Å²) in [7, 11) is 1.45. The number of rotatable bonds is 6. The van der Waals surface area contributed by atoms with E-state index in [1.807, 2.05) is 25.1 Å². The first-order valence-electron chi connectivity index (χ1n) is 8.55. The number of carbonyl (C=O) groups is 2. The van der Waals surface area contributed by atoms with Gasteiger partial charge >= 0.3 is 0 Å². The minimum atomic E-state index is -0.503. The highest BCUT2D eigenvalue weighted by Gasteiger charge is 2.14. The third-order valence-corrected chi connectivity index (χ3v) is 4.12. The SMILES string of the molecule is CNC(=O)c1cc(C=O)cn(Cc2cccc(C)c2/C=C\C(C)C)c1=O. The maximum atomic E-state index is 12.7. The zero-order chi connectivity index (χ0) is 19.3. The van der Waals surface area contributed by atoms with E-state index < -0.39 is 11.5 Å². The molecule has 0 saturated heterocycles. The van der Waals surface area contributed by atoms with Crippen molar-refractivity contribution in [1.29, 1.82) is 0 Å². The molecule has 0 radical (unpaired) electrons. The zero-order valence-electron chi connectivity index (χ0n) is 15.6. The van der Waals surface area contributed by atoms with Crippen molar-refractivity contribution in [3.8, 4) is 0 Å². The van der Waals surface area contributed by atoms with Crippen molar-refractivity contribution in [2.45, 2.75) is 27.3 Å². The number of hydrogen-bond donors (Lipinski definition) is 1. The molecule has 0 fully saturated rings. The Labute approximate surface area is 153 Å². The van der Waals surface area contributed by atoms with Crippen LogP contribution in [0.5, 0.6) is 0 Å². The fraction of sp³-hybridized carbons (Fsp3) is 0.286. The summed E-state index contributed by atoms with van der Waals surface area (Å²) in [5, 5.41) is 2.44. The zero-order valence-corrected chi connectivity index (χ0v) is 15.6. The molecule has 0 aliphatic rings. The molecule has 0 aliphatic carbocycles. The van der Waals surface area contributed by atoms with E-state index in [9.17, 15) is 14.4 Å². The summed E-state index contributed by atoms with van der Waals surface area (Å²) in [5.41, 5.74) is 2.93. The molecule has 1 amide bonds. The van der Waals surface area contributed by atoms with Crippen molar-refractivity contribution in [2.24, 2.45) is 5.92 Å². The monoisotopic (exact) mass is 352 g/mol. The molecule has 5 nitrogen and oxygen atoms in total. The molecule has 1 heterocycles. The van der Waals surface area contributed by atoms with Crippen molar-refractivity contribution >= 4 is 18.3 Å². The minimum Gasteiger partial charge on any atom is -0.355 e. The van der Waals surface area contributed by atoms with Gasteiger partial charge in [0.15, 0.2) is 6.29 Å². The van der Waals surface area contributed by atoms with Gasteiger partial charge in [-0.3, -0.25) is 14.4 Å². The summed E-state index contributed by atoms with van der Waals surface area (Å²) in [4.78, 5) is 35.9. The smallest absolute Gasteiger partial charge is 0.263 e. The largest absolute Gasteiger partial charge is 0.355 e. The Morgan fingerprint density at radius 3 is 2.65 bits per heavy atom. The molecule has 2 aromatic rings. The lowest BCUT2D eigenvalue weighted by atomic mass is 10.00. The Morgan fingerprint density at radius 1 is 1.31 bits per heavy atom. The molecule has 0 saturated carbocycles. The lowest BCUT2D eigenvalue weighted by Gasteiger charge is -2.13. The molecule has 0 unspecified atom stereocenters. The van der Waals surface area contributed by atoms with E-state index >= 15 is 0 Å². The second kappa shape index (κ2) is 8.43. The Balaban J connectivity index is 2.56. The van der Waals surface area contributed by atoms with E-state index in [2.05, 4.69) is 31.3 Å². The molecule has 0 spiro atoms. The first-order chi connectivity index (χ1) is 12.4. The van der Waals surface area contributed by atoms with Crippen molar-refractivity contribution in [2.75, 3.05) is 7.05 Å². The van der Waals surface area contributed by atoms with E-state index in [0.717, 1.165) is 16.7 Å². The van der Waals surface area contributed by atoms with E-state index in [4.69, 9.17) is 0 Å². The number of nitrogens with one attached hydrogen (secondary N) is 1. The van der Waals surface area contributed by atoms with Gasteiger partial charge < -0.3 is 9.88 Å². The molecule has 1 aromatic heterocycles. The second-order valence-corrected chi connectivity index (χ2v) is 6.57. The van der Waals surface area contributed by atoms with Gasteiger partial charge in [-0.15, -0.1) is 0 Å². The van der Waals surface area contributed by atoms with Crippen LogP contribution in [0.3, 0.4) is 0 Å². The van der Waals surface area contributed by atoms with Gasteiger partial charge in [0.05, 0.1) is 6.54 Å². The molecular formula is C21H24N2O3. The number of hydrogen-bond acceptors (Lipinski definition) is 3. The number of aldehydes is 1. The van der Waals surface area contributed by atoms with Crippen LogP contribution in [0, 0.1) is 12.8 Å². The highest BCUT2D eigenvalue weighted by molar-refractivity contribution is 5.95. The molecule has 1 N–H and O–H groups in total. The number of allylic oxidation sites excluding steroid dienone is 1. The Kier molecular flexibility index (Phi) is 6.28. The lowest BCUT2D eigenvalue weighted by Crippen LogP contribution is -2.32. The summed E-state index contributed by atoms with van der Waals surface area (Å²) in [6.07, 6.45) is 6.29. The third-order valence-electron chi connectivity index (χ3n) is 4.12. The van der Waals surface area contributed by atoms with E-state index in [0.29, 0.717) is 12.2 Å². The van der Waals surface area contributed by atoms with Crippen LogP contribution in [0.4, 0.5) is 0 Å². The molecule has 136 valence electrons. The summed E-state index contributed by atoms with van der Waals surface area (Å²) < 4.78 is 1.41. The average Bonchev–Trinajstić information content (AvgIpc) is 2.62. The lowest BCUT2D eigenvalue weighted by molar-refractivity contribution is 0.0961. The number of aromatic nitrogens is 1. The number of carbonyl (C=O) groups excluding carboxylic acids is 2. The first kappa shape index (κ1) is 19.4. The molecular weight excluding hydrogens is 328 g/mol. The predicted molar refractivity (Wildman–Crippen MR) is 104 cm³/mol. The normalized spacial score (nSPS) is 11.1. The molecule has 2 rings (SSSR count). The first-order valence-corrected chi connectivity index (χ1v) is 8.55. The van der Waals surface area contributed by atoms with Gasteiger partial charge in [-0.05, 0) is 35.6 Å². The van der Waals surface area contributed by atoms with Crippen LogP contribution < -0.4 is 10.9 Å². The minimum absolute atomic E-state index is 0.0379. The van der Waals surface area contributed by atoms with Crippen LogP contribution in [-0.4, -0.2) is 23.8 Å². The second-order valence-electron chi connectivity index (χ2n) is 6.57. The number of aryl methyl sites for hydroxylation is 1. The van der Waals surface area contributed by atoms with Gasteiger partial charge in [-0.2, -0.15) is 0 Å². The topological polar surface area (TPSA) is 68.2 Å². The van der Waals surface area contributed by atoms with Crippen LogP contribution in [0.2, 0.25) is 0 Å². The molecule has 26 heavy (non-hydrogen) atoms. The fourth-order valence-corrected chi connectivity index (χ4v) is 2.73. The molecule has 0 aliphatic heterocycles. The third kappa shape index (κ3) is 4.36. The highest BCUT2D eigenvalue weighted by atomic mass is 16.2. The van der Waals surface area contributed by atoms with E-state index in [1.54, 1.807) is 0 Å². The van der Waals surface area contributed by atoms with Crippen molar-refractivity contribution in [1.82, 2.24) is 9.88 Å². The van der Waals surface area contributed by atoms with Gasteiger partial charge in [0.25, 0.3) is 11.5 Å². The number of benzene rings is 1. The van der Waals surface area contributed by atoms with Crippen LogP contribution in [0.1, 0.15) is 51.3 Å².